The predicted octanol–water partition coefficient (Wildman–Crippen LogP) is 0.986. The van der Waals surface area contributed by atoms with Crippen molar-refractivity contribution in [3.05, 3.63) is 0 Å². The molecule has 0 aromatic heterocycles. The molecule has 2 atom stereocenters. The Morgan fingerprint density at radius 2 is 2.33 bits per heavy atom. The van der Waals surface area contributed by atoms with E-state index in [-0.39, 0.29) is 12.3 Å². The topological polar surface area (TPSA) is 32.7 Å². The normalized spacial score (nSPS) is 29.5. The van der Waals surface area contributed by atoms with E-state index in [9.17, 15) is 0 Å². The van der Waals surface area contributed by atoms with Gasteiger partial charge in [-0.25, -0.2) is 0 Å². The summed E-state index contributed by atoms with van der Waals surface area (Å²) in [5.74, 6) is 0. The van der Waals surface area contributed by atoms with Crippen LogP contribution in [0.5, 0.6) is 0 Å². The van der Waals surface area contributed by atoms with Gasteiger partial charge in [-0.2, -0.15) is 0 Å². The fourth-order valence-electron chi connectivity index (χ4n) is 1.44. The van der Waals surface area contributed by atoms with Crippen molar-refractivity contribution in [2.45, 2.75) is 38.5 Å². The smallest absolute Gasteiger partial charge is 0.119 e. The summed E-state index contributed by atoms with van der Waals surface area (Å²) in [5, 5.41) is 8.68. The fraction of sp³-hybridized carbons (Fsp3) is 1.00. The SMILES string of the molecule is CC1(C)OCC(CCCO)N1P. The van der Waals surface area contributed by atoms with Crippen molar-refractivity contribution in [1.82, 2.24) is 4.67 Å². The summed E-state index contributed by atoms with van der Waals surface area (Å²) in [4.78, 5) is 0. The zero-order chi connectivity index (χ0) is 9.19. The molecular formula is C8H18NO2P. The summed E-state index contributed by atoms with van der Waals surface area (Å²) < 4.78 is 7.74. The Morgan fingerprint density at radius 1 is 1.67 bits per heavy atom. The molecule has 1 fully saturated rings. The van der Waals surface area contributed by atoms with Crippen LogP contribution in [0.25, 0.3) is 0 Å². The van der Waals surface area contributed by atoms with Gasteiger partial charge in [-0.1, -0.05) is 9.39 Å². The van der Waals surface area contributed by atoms with E-state index in [1.807, 2.05) is 0 Å². The number of aliphatic hydroxyl groups excluding tert-OH is 1. The van der Waals surface area contributed by atoms with Crippen LogP contribution in [0, 0.1) is 0 Å². The lowest BCUT2D eigenvalue weighted by Gasteiger charge is -2.28. The van der Waals surface area contributed by atoms with Gasteiger partial charge in [-0.05, 0) is 26.7 Å². The number of hydrogen-bond donors (Lipinski definition) is 1. The molecule has 4 heteroatoms. The molecule has 0 saturated carbocycles. The monoisotopic (exact) mass is 191 g/mol. The van der Waals surface area contributed by atoms with Crippen LogP contribution in [0.4, 0.5) is 0 Å². The average Bonchev–Trinajstić information content (AvgIpc) is 2.26. The predicted molar refractivity (Wildman–Crippen MR) is 51.7 cm³/mol. The number of hydrogen-bond acceptors (Lipinski definition) is 3. The van der Waals surface area contributed by atoms with Gasteiger partial charge >= 0.3 is 0 Å². The second-order valence-electron chi connectivity index (χ2n) is 3.68. The highest BCUT2D eigenvalue weighted by Crippen LogP contribution is 2.32. The van der Waals surface area contributed by atoms with Crippen LogP contribution >= 0.6 is 9.39 Å². The molecular weight excluding hydrogens is 173 g/mol. The quantitative estimate of drug-likeness (QED) is 0.675. The standard InChI is InChI=1S/C8H18NO2P/c1-8(2)9(12)7(6-11-8)4-3-5-10/h7,10H,3-6,12H2,1-2H3. The summed E-state index contributed by atoms with van der Waals surface area (Å²) >= 11 is 0. The Balaban J connectivity index is 2.39. The third kappa shape index (κ3) is 2.17. The minimum absolute atomic E-state index is 0.162. The summed E-state index contributed by atoms with van der Waals surface area (Å²) in [6, 6.07) is 0.442. The highest BCUT2D eigenvalue weighted by molar-refractivity contribution is 7.13. The molecule has 0 aromatic rings. The van der Waals surface area contributed by atoms with Crippen molar-refractivity contribution in [2.24, 2.45) is 0 Å². The first-order valence-corrected chi connectivity index (χ1v) is 4.88. The summed E-state index contributed by atoms with van der Waals surface area (Å²) in [6.07, 6.45) is 1.86. The van der Waals surface area contributed by atoms with Gasteiger partial charge in [0.15, 0.2) is 0 Å². The molecule has 2 unspecified atom stereocenters. The van der Waals surface area contributed by atoms with E-state index in [2.05, 4.69) is 27.9 Å². The van der Waals surface area contributed by atoms with Crippen molar-refractivity contribution in [3.8, 4) is 0 Å². The van der Waals surface area contributed by atoms with Gasteiger partial charge in [0.2, 0.25) is 0 Å². The number of aliphatic hydroxyl groups is 1. The van der Waals surface area contributed by atoms with Crippen LogP contribution in [0.1, 0.15) is 26.7 Å². The Labute approximate surface area is 76.3 Å². The Morgan fingerprint density at radius 3 is 2.75 bits per heavy atom. The Kier molecular flexibility index (Phi) is 3.47. The molecule has 1 rings (SSSR count). The van der Waals surface area contributed by atoms with E-state index in [0.717, 1.165) is 19.4 Å². The lowest BCUT2D eigenvalue weighted by Crippen LogP contribution is -2.35. The van der Waals surface area contributed by atoms with Crippen molar-refractivity contribution in [2.75, 3.05) is 13.2 Å². The molecule has 72 valence electrons. The second kappa shape index (κ2) is 4.01. The Hall–Kier alpha value is 0.310. The molecule has 0 amide bonds. The fourth-order valence-corrected chi connectivity index (χ4v) is 1.75. The molecule has 0 spiro atoms. The number of ether oxygens (including phenoxy) is 1. The summed E-state index contributed by atoms with van der Waals surface area (Å²) in [7, 11) is 2.70. The van der Waals surface area contributed by atoms with E-state index in [1.165, 1.54) is 0 Å². The van der Waals surface area contributed by atoms with Gasteiger partial charge in [0, 0.05) is 12.6 Å². The van der Waals surface area contributed by atoms with E-state index < -0.39 is 0 Å². The zero-order valence-electron chi connectivity index (χ0n) is 7.79. The number of rotatable bonds is 3. The van der Waals surface area contributed by atoms with Crippen LogP contribution < -0.4 is 0 Å². The maximum absolute atomic E-state index is 8.68. The first-order chi connectivity index (χ1) is 5.58. The maximum Gasteiger partial charge on any atom is 0.119 e. The van der Waals surface area contributed by atoms with Crippen LogP contribution in [-0.2, 0) is 4.74 Å². The first kappa shape index (κ1) is 10.4. The first-order valence-electron chi connectivity index (χ1n) is 4.37. The zero-order valence-corrected chi connectivity index (χ0v) is 8.94. The van der Waals surface area contributed by atoms with Gasteiger partial charge in [-0.15, -0.1) is 0 Å². The van der Waals surface area contributed by atoms with Crippen molar-refractivity contribution >= 4 is 9.39 Å². The van der Waals surface area contributed by atoms with Gasteiger partial charge in [0.1, 0.15) is 5.72 Å². The van der Waals surface area contributed by atoms with Crippen LogP contribution in [0.3, 0.4) is 0 Å². The molecule has 3 nitrogen and oxygen atoms in total. The van der Waals surface area contributed by atoms with Crippen LogP contribution in [0.15, 0.2) is 0 Å². The molecule has 1 aliphatic heterocycles. The second-order valence-corrected chi connectivity index (χ2v) is 4.24. The van der Waals surface area contributed by atoms with Gasteiger partial charge < -0.3 is 9.84 Å². The molecule has 1 N–H and O–H groups in total. The summed E-state index contributed by atoms with van der Waals surface area (Å²) in [6.45, 7) is 5.16. The van der Waals surface area contributed by atoms with E-state index >= 15 is 0 Å². The minimum atomic E-state index is -0.162. The number of nitrogens with zero attached hydrogens (tertiary/aromatic N) is 1. The summed E-state index contributed by atoms with van der Waals surface area (Å²) in [5.41, 5.74) is -0.162. The molecule has 1 aliphatic rings. The van der Waals surface area contributed by atoms with E-state index in [0.29, 0.717) is 6.04 Å². The van der Waals surface area contributed by atoms with Gasteiger partial charge in [0.05, 0.1) is 6.61 Å². The molecule has 0 radical (unpaired) electrons. The third-order valence-corrected chi connectivity index (χ3v) is 3.38. The average molecular weight is 191 g/mol. The highest BCUT2D eigenvalue weighted by Gasteiger charge is 2.37. The highest BCUT2D eigenvalue weighted by atomic mass is 31.0. The van der Waals surface area contributed by atoms with E-state index in [4.69, 9.17) is 9.84 Å². The minimum Gasteiger partial charge on any atom is -0.396 e. The lowest BCUT2D eigenvalue weighted by atomic mass is 10.2. The van der Waals surface area contributed by atoms with Gasteiger partial charge in [-0.3, -0.25) is 4.67 Å². The largest absolute Gasteiger partial charge is 0.396 e. The molecule has 12 heavy (non-hydrogen) atoms. The molecule has 0 bridgehead atoms. The lowest BCUT2D eigenvalue weighted by molar-refractivity contribution is -0.0124. The van der Waals surface area contributed by atoms with Crippen LogP contribution in [-0.4, -0.2) is 34.8 Å². The van der Waals surface area contributed by atoms with Crippen molar-refractivity contribution < 1.29 is 9.84 Å². The van der Waals surface area contributed by atoms with Crippen molar-refractivity contribution in [1.29, 1.82) is 0 Å². The molecule has 1 heterocycles. The Bertz CT molecular complexity index is 152. The van der Waals surface area contributed by atoms with E-state index in [1.54, 1.807) is 0 Å². The molecule has 0 aromatic carbocycles. The maximum atomic E-state index is 8.68. The molecule has 0 aliphatic carbocycles. The van der Waals surface area contributed by atoms with Crippen LogP contribution in [0.2, 0.25) is 0 Å². The third-order valence-electron chi connectivity index (χ3n) is 2.34. The van der Waals surface area contributed by atoms with Gasteiger partial charge in [0.25, 0.3) is 0 Å². The van der Waals surface area contributed by atoms with Crippen molar-refractivity contribution in [3.63, 3.8) is 0 Å². The molecule has 1 saturated heterocycles.